The molecule has 0 heterocycles. The summed E-state index contributed by atoms with van der Waals surface area (Å²) in [6.07, 6.45) is -0.936. The molecule has 0 N–H and O–H groups in total. The first-order valence-electron chi connectivity index (χ1n) is 8.31. The highest BCUT2D eigenvalue weighted by atomic mass is 16.5. The van der Waals surface area contributed by atoms with Gasteiger partial charge in [0.25, 0.3) is 5.91 Å². The Balaban J connectivity index is 2.14. The predicted molar refractivity (Wildman–Crippen MR) is 98.9 cm³/mol. The molecular weight excluding hydrogens is 334 g/mol. The summed E-state index contributed by atoms with van der Waals surface area (Å²) in [7, 11) is 2.98. The first kappa shape index (κ1) is 19.3. The Kier molecular flexibility index (Phi) is 6.60. The third-order valence-electron chi connectivity index (χ3n) is 3.91. The zero-order chi connectivity index (χ0) is 19.1. The fourth-order valence-electron chi connectivity index (χ4n) is 2.53. The molecule has 2 aromatic rings. The molecule has 0 aliphatic rings. The number of para-hydroxylation sites is 1. The van der Waals surface area contributed by atoms with Crippen LogP contribution in [0.2, 0.25) is 0 Å². The minimum absolute atomic E-state index is 0.232. The van der Waals surface area contributed by atoms with Gasteiger partial charge in [-0.05, 0) is 38.1 Å². The first-order chi connectivity index (χ1) is 12.5. The van der Waals surface area contributed by atoms with Gasteiger partial charge in [-0.3, -0.25) is 4.79 Å². The third kappa shape index (κ3) is 4.33. The molecule has 0 spiro atoms. The van der Waals surface area contributed by atoms with E-state index < -0.39 is 12.1 Å². The van der Waals surface area contributed by atoms with E-state index in [0.717, 1.165) is 5.69 Å². The van der Waals surface area contributed by atoms with E-state index in [1.165, 1.54) is 14.2 Å². The molecule has 138 valence electrons. The Morgan fingerprint density at radius 1 is 1.04 bits per heavy atom. The van der Waals surface area contributed by atoms with Gasteiger partial charge in [0, 0.05) is 18.3 Å². The van der Waals surface area contributed by atoms with E-state index in [9.17, 15) is 9.59 Å². The highest BCUT2D eigenvalue weighted by molar-refractivity contribution is 5.99. The zero-order valence-electron chi connectivity index (χ0n) is 15.4. The number of esters is 1. The maximum Gasteiger partial charge on any atom is 0.342 e. The molecule has 1 atom stereocenters. The van der Waals surface area contributed by atoms with Gasteiger partial charge in [-0.15, -0.1) is 0 Å². The number of rotatable bonds is 7. The number of anilines is 1. The van der Waals surface area contributed by atoms with Gasteiger partial charge in [-0.1, -0.05) is 18.2 Å². The molecule has 0 radical (unpaired) electrons. The Morgan fingerprint density at radius 3 is 2.31 bits per heavy atom. The van der Waals surface area contributed by atoms with Gasteiger partial charge in [0.2, 0.25) is 0 Å². The maximum atomic E-state index is 12.7. The van der Waals surface area contributed by atoms with Gasteiger partial charge < -0.3 is 19.1 Å². The van der Waals surface area contributed by atoms with Crippen LogP contribution in [0.4, 0.5) is 5.69 Å². The van der Waals surface area contributed by atoms with Crippen molar-refractivity contribution in [1.82, 2.24) is 0 Å². The SMILES string of the molecule is CCN(C(=O)[C@H](C)OC(=O)c1ccc(OC)cc1OC)c1ccccc1. The Hall–Kier alpha value is -3.02. The van der Waals surface area contributed by atoms with Crippen LogP contribution in [-0.2, 0) is 9.53 Å². The number of carbonyl (C=O) groups excluding carboxylic acids is 2. The highest BCUT2D eigenvalue weighted by Gasteiger charge is 2.26. The van der Waals surface area contributed by atoms with Gasteiger partial charge in [0.15, 0.2) is 6.10 Å². The highest BCUT2D eigenvalue weighted by Crippen LogP contribution is 2.26. The lowest BCUT2D eigenvalue weighted by Gasteiger charge is -2.24. The van der Waals surface area contributed by atoms with Crippen molar-refractivity contribution in [2.45, 2.75) is 20.0 Å². The quantitative estimate of drug-likeness (QED) is 0.712. The zero-order valence-corrected chi connectivity index (χ0v) is 15.4. The number of hydrogen-bond acceptors (Lipinski definition) is 5. The van der Waals surface area contributed by atoms with Crippen LogP contribution in [-0.4, -0.2) is 38.7 Å². The molecule has 0 unspecified atom stereocenters. The molecule has 6 heteroatoms. The molecule has 0 aliphatic carbocycles. The van der Waals surface area contributed by atoms with E-state index in [0.29, 0.717) is 18.0 Å². The van der Waals surface area contributed by atoms with Crippen LogP contribution >= 0.6 is 0 Å². The van der Waals surface area contributed by atoms with Crippen molar-refractivity contribution in [2.75, 3.05) is 25.7 Å². The molecule has 2 aromatic carbocycles. The van der Waals surface area contributed by atoms with Crippen molar-refractivity contribution < 1.29 is 23.8 Å². The van der Waals surface area contributed by atoms with Crippen molar-refractivity contribution in [3.05, 3.63) is 54.1 Å². The van der Waals surface area contributed by atoms with E-state index in [1.807, 2.05) is 37.3 Å². The molecule has 0 aromatic heterocycles. The molecule has 0 aliphatic heterocycles. The summed E-state index contributed by atoms with van der Waals surface area (Å²) in [6.45, 7) is 3.89. The second-order valence-corrected chi connectivity index (χ2v) is 5.53. The monoisotopic (exact) mass is 357 g/mol. The molecule has 2 rings (SSSR count). The fourth-order valence-corrected chi connectivity index (χ4v) is 2.53. The van der Waals surface area contributed by atoms with Gasteiger partial charge in [0.05, 0.1) is 14.2 Å². The van der Waals surface area contributed by atoms with Gasteiger partial charge in [-0.2, -0.15) is 0 Å². The van der Waals surface area contributed by atoms with Crippen molar-refractivity contribution in [2.24, 2.45) is 0 Å². The van der Waals surface area contributed by atoms with E-state index in [4.69, 9.17) is 14.2 Å². The van der Waals surface area contributed by atoms with Crippen LogP contribution in [0, 0.1) is 0 Å². The average Bonchev–Trinajstić information content (AvgIpc) is 2.68. The summed E-state index contributed by atoms with van der Waals surface area (Å²) < 4.78 is 15.7. The van der Waals surface area contributed by atoms with Crippen molar-refractivity contribution >= 4 is 17.6 Å². The Morgan fingerprint density at radius 2 is 1.73 bits per heavy atom. The minimum Gasteiger partial charge on any atom is -0.497 e. The summed E-state index contributed by atoms with van der Waals surface area (Å²) in [5.41, 5.74) is 0.987. The topological polar surface area (TPSA) is 65.1 Å². The van der Waals surface area contributed by atoms with Gasteiger partial charge in [0.1, 0.15) is 17.1 Å². The lowest BCUT2D eigenvalue weighted by Crippen LogP contribution is -2.40. The number of carbonyl (C=O) groups is 2. The molecule has 6 nitrogen and oxygen atoms in total. The van der Waals surface area contributed by atoms with Crippen LogP contribution in [0.1, 0.15) is 24.2 Å². The molecular formula is C20H23NO5. The number of amides is 1. The molecule has 0 fully saturated rings. The van der Waals surface area contributed by atoms with E-state index in [2.05, 4.69) is 0 Å². The Labute approximate surface area is 153 Å². The average molecular weight is 357 g/mol. The number of benzene rings is 2. The number of hydrogen-bond donors (Lipinski definition) is 0. The summed E-state index contributed by atoms with van der Waals surface area (Å²) in [6, 6.07) is 14.0. The van der Waals surface area contributed by atoms with E-state index >= 15 is 0 Å². The number of nitrogens with zero attached hydrogens (tertiary/aromatic N) is 1. The van der Waals surface area contributed by atoms with Crippen LogP contribution in [0.15, 0.2) is 48.5 Å². The van der Waals surface area contributed by atoms with Crippen LogP contribution in [0.25, 0.3) is 0 Å². The Bertz CT molecular complexity index is 760. The second-order valence-electron chi connectivity index (χ2n) is 5.53. The largest absolute Gasteiger partial charge is 0.497 e. The van der Waals surface area contributed by atoms with Crippen LogP contribution < -0.4 is 14.4 Å². The summed E-state index contributed by atoms with van der Waals surface area (Å²) in [5.74, 6) is -0.0397. The molecule has 0 saturated carbocycles. The fraction of sp³-hybridized carbons (Fsp3) is 0.300. The summed E-state index contributed by atoms with van der Waals surface area (Å²) >= 11 is 0. The normalized spacial score (nSPS) is 11.4. The van der Waals surface area contributed by atoms with E-state index in [-0.39, 0.29) is 11.5 Å². The number of likely N-dealkylation sites (N-methyl/N-ethyl adjacent to an activating group) is 1. The molecule has 0 bridgehead atoms. The molecule has 1 amide bonds. The van der Waals surface area contributed by atoms with Crippen molar-refractivity contribution in [1.29, 1.82) is 0 Å². The van der Waals surface area contributed by atoms with Crippen LogP contribution in [0.5, 0.6) is 11.5 Å². The lowest BCUT2D eigenvalue weighted by atomic mass is 10.2. The summed E-state index contributed by atoms with van der Waals surface area (Å²) in [5, 5.41) is 0. The second kappa shape index (κ2) is 8.89. The predicted octanol–water partition coefficient (Wildman–Crippen LogP) is 3.30. The van der Waals surface area contributed by atoms with Crippen LogP contribution in [0.3, 0.4) is 0 Å². The summed E-state index contributed by atoms with van der Waals surface area (Å²) in [4.78, 5) is 26.7. The molecule has 26 heavy (non-hydrogen) atoms. The standard InChI is InChI=1S/C20H23NO5/c1-5-21(15-9-7-6-8-10-15)19(22)14(2)26-20(23)17-12-11-16(24-3)13-18(17)25-4/h6-14H,5H2,1-4H3/t14-/m0/s1. The van der Waals surface area contributed by atoms with E-state index in [1.54, 1.807) is 30.0 Å². The first-order valence-corrected chi connectivity index (χ1v) is 8.31. The van der Waals surface area contributed by atoms with Gasteiger partial charge in [-0.25, -0.2) is 4.79 Å². The molecule has 0 saturated heterocycles. The number of methoxy groups -OCH3 is 2. The van der Waals surface area contributed by atoms with Gasteiger partial charge >= 0.3 is 5.97 Å². The number of ether oxygens (including phenoxy) is 3. The smallest absolute Gasteiger partial charge is 0.342 e. The third-order valence-corrected chi connectivity index (χ3v) is 3.91. The lowest BCUT2D eigenvalue weighted by molar-refractivity contribution is -0.126. The van der Waals surface area contributed by atoms with Crippen molar-refractivity contribution in [3.8, 4) is 11.5 Å². The minimum atomic E-state index is -0.936. The maximum absolute atomic E-state index is 12.7. The van der Waals surface area contributed by atoms with Crippen molar-refractivity contribution in [3.63, 3.8) is 0 Å².